The third kappa shape index (κ3) is 5.29. The Morgan fingerprint density at radius 3 is 2.79 bits per heavy atom. The molecule has 0 bridgehead atoms. The molecule has 1 aliphatic rings. The third-order valence-electron chi connectivity index (χ3n) is 5.44. The van der Waals surface area contributed by atoms with Crippen molar-refractivity contribution in [2.45, 2.75) is 31.7 Å². The molecule has 1 unspecified atom stereocenters. The van der Waals surface area contributed by atoms with Crippen LogP contribution in [0.15, 0.2) is 65.4 Å². The molecule has 150 valence electrons. The molecule has 0 saturated carbocycles. The minimum atomic E-state index is -0.239. The second-order valence-electron chi connectivity index (χ2n) is 7.53. The lowest BCUT2D eigenvalue weighted by Gasteiger charge is -2.31. The van der Waals surface area contributed by atoms with Gasteiger partial charge in [-0.2, -0.15) is 0 Å². The normalized spacial score (nSPS) is 17.2. The number of carbonyl (C=O) groups is 1. The van der Waals surface area contributed by atoms with Crippen LogP contribution in [-0.4, -0.2) is 40.6 Å². The quantitative estimate of drug-likeness (QED) is 0.669. The summed E-state index contributed by atoms with van der Waals surface area (Å²) in [5.41, 5.74) is 3.24. The Balaban J connectivity index is 1.30. The number of benzene rings is 1. The van der Waals surface area contributed by atoms with Gasteiger partial charge in [-0.25, -0.2) is 0 Å². The second-order valence-corrected chi connectivity index (χ2v) is 7.53. The Hall–Kier alpha value is -2.99. The molecule has 1 aliphatic heterocycles. The minimum Gasteiger partial charge on any atom is -0.351 e. The molecule has 0 radical (unpaired) electrons. The molecular weight excluding hydrogens is 364 g/mol. The van der Waals surface area contributed by atoms with Gasteiger partial charge in [0.2, 0.25) is 5.76 Å². The molecule has 29 heavy (non-hydrogen) atoms. The van der Waals surface area contributed by atoms with Gasteiger partial charge < -0.3 is 14.7 Å². The van der Waals surface area contributed by atoms with E-state index in [9.17, 15) is 4.79 Å². The van der Waals surface area contributed by atoms with Crippen molar-refractivity contribution >= 4 is 5.91 Å². The molecule has 1 fully saturated rings. The lowest BCUT2D eigenvalue weighted by molar-refractivity contribution is 0.0913. The fraction of sp³-hybridized carbons (Fsp3) is 0.348. The predicted octanol–water partition coefficient (Wildman–Crippen LogP) is 3.42. The molecular formula is C23H26N4O2. The van der Waals surface area contributed by atoms with Crippen LogP contribution < -0.4 is 5.32 Å². The van der Waals surface area contributed by atoms with Crippen molar-refractivity contribution in [2.24, 2.45) is 0 Å². The Kier molecular flexibility index (Phi) is 6.32. The van der Waals surface area contributed by atoms with Crippen LogP contribution in [0.4, 0.5) is 0 Å². The van der Waals surface area contributed by atoms with E-state index in [1.54, 1.807) is 18.5 Å². The summed E-state index contributed by atoms with van der Waals surface area (Å²) in [7, 11) is 0. The van der Waals surface area contributed by atoms with Gasteiger partial charge in [0.25, 0.3) is 5.91 Å². The molecule has 2 aromatic heterocycles. The van der Waals surface area contributed by atoms with Gasteiger partial charge in [-0.05, 0) is 49.1 Å². The number of amides is 1. The molecule has 3 heterocycles. The highest BCUT2D eigenvalue weighted by Crippen LogP contribution is 2.26. The van der Waals surface area contributed by atoms with Gasteiger partial charge in [0.15, 0.2) is 0 Å². The number of aromatic nitrogens is 2. The molecule has 0 aliphatic carbocycles. The van der Waals surface area contributed by atoms with E-state index in [4.69, 9.17) is 4.52 Å². The zero-order chi connectivity index (χ0) is 19.9. The molecule has 6 heteroatoms. The SMILES string of the molecule is O=C(NCc1ccncc1)c1cc(C2CCCN(CCc3ccccc3)C2)no1. The zero-order valence-corrected chi connectivity index (χ0v) is 16.5. The molecule has 0 spiro atoms. The van der Waals surface area contributed by atoms with Gasteiger partial charge in [0, 0.05) is 44.0 Å². The lowest BCUT2D eigenvalue weighted by Crippen LogP contribution is -2.35. The molecule has 6 nitrogen and oxygen atoms in total. The largest absolute Gasteiger partial charge is 0.351 e. The average Bonchev–Trinajstić information content (AvgIpc) is 3.28. The molecule has 1 saturated heterocycles. The third-order valence-corrected chi connectivity index (χ3v) is 5.44. The van der Waals surface area contributed by atoms with Crippen molar-refractivity contribution in [3.05, 3.63) is 83.5 Å². The number of hydrogen-bond donors (Lipinski definition) is 1. The highest BCUT2D eigenvalue weighted by molar-refractivity contribution is 5.91. The highest BCUT2D eigenvalue weighted by Gasteiger charge is 2.25. The predicted molar refractivity (Wildman–Crippen MR) is 110 cm³/mol. The summed E-state index contributed by atoms with van der Waals surface area (Å²) in [5.74, 6) is 0.345. The van der Waals surface area contributed by atoms with Gasteiger partial charge in [-0.15, -0.1) is 0 Å². The van der Waals surface area contributed by atoms with E-state index in [0.717, 1.165) is 50.2 Å². The maximum absolute atomic E-state index is 12.4. The van der Waals surface area contributed by atoms with Gasteiger partial charge in [0.05, 0.1) is 5.69 Å². The van der Waals surface area contributed by atoms with E-state index in [1.165, 1.54) is 5.56 Å². The van der Waals surface area contributed by atoms with Crippen molar-refractivity contribution in [1.82, 2.24) is 20.4 Å². The summed E-state index contributed by atoms with van der Waals surface area (Å²) in [6.45, 7) is 3.55. The highest BCUT2D eigenvalue weighted by atomic mass is 16.5. The van der Waals surface area contributed by atoms with E-state index in [0.29, 0.717) is 12.5 Å². The Labute approximate surface area is 170 Å². The number of pyridine rings is 1. The first-order valence-corrected chi connectivity index (χ1v) is 10.2. The fourth-order valence-corrected chi connectivity index (χ4v) is 3.79. The van der Waals surface area contributed by atoms with E-state index in [2.05, 4.69) is 50.7 Å². The average molecular weight is 390 g/mol. The van der Waals surface area contributed by atoms with Crippen LogP contribution in [0.2, 0.25) is 0 Å². The van der Waals surface area contributed by atoms with Crippen LogP contribution in [-0.2, 0) is 13.0 Å². The number of nitrogens with zero attached hydrogens (tertiary/aromatic N) is 3. The number of piperidine rings is 1. The molecule has 3 aromatic rings. The monoisotopic (exact) mass is 390 g/mol. The zero-order valence-electron chi connectivity index (χ0n) is 16.5. The first-order chi connectivity index (χ1) is 14.3. The minimum absolute atomic E-state index is 0.239. The molecule has 1 amide bonds. The van der Waals surface area contributed by atoms with Crippen LogP contribution in [0.1, 0.15) is 46.1 Å². The van der Waals surface area contributed by atoms with Crippen molar-refractivity contribution in [3.8, 4) is 0 Å². The smallest absolute Gasteiger partial charge is 0.290 e. The number of nitrogens with one attached hydrogen (secondary N) is 1. The Bertz CT molecular complexity index is 911. The van der Waals surface area contributed by atoms with Crippen LogP contribution in [0.25, 0.3) is 0 Å². The van der Waals surface area contributed by atoms with Gasteiger partial charge in [-0.3, -0.25) is 9.78 Å². The molecule has 1 atom stereocenters. The van der Waals surface area contributed by atoms with E-state index < -0.39 is 0 Å². The van der Waals surface area contributed by atoms with Crippen molar-refractivity contribution in [3.63, 3.8) is 0 Å². The summed E-state index contributed by atoms with van der Waals surface area (Å²) in [4.78, 5) is 18.8. The van der Waals surface area contributed by atoms with Crippen LogP contribution in [0, 0.1) is 0 Å². The Morgan fingerprint density at radius 1 is 1.14 bits per heavy atom. The maximum atomic E-state index is 12.4. The number of rotatable bonds is 7. The van der Waals surface area contributed by atoms with Gasteiger partial charge in [-0.1, -0.05) is 35.5 Å². The fourth-order valence-electron chi connectivity index (χ4n) is 3.79. The standard InChI is InChI=1S/C23H26N4O2/c28-23(25-16-19-8-11-24-12-9-19)22-15-21(26-29-22)20-7-4-13-27(17-20)14-10-18-5-2-1-3-6-18/h1-3,5-6,8-9,11-12,15,20H,4,7,10,13-14,16-17H2,(H,25,28). The van der Waals surface area contributed by atoms with Crippen molar-refractivity contribution < 1.29 is 9.32 Å². The molecule has 4 rings (SSSR count). The first-order valence-electron chi connectivity index (χ1n) is 10.2. The Morgan fingerprint density at radius 2 is 1.97 bits per heavy atom. The van der Waals surface area contributed by atoms with Gasteiger partial charge >= 0.3 is 0 Å². The number of hydrogen-bond acceptors (Lipinski definition) is 5. The summed E-state index contributed by atoms with van der Waals surface area (Å²) in [6, 6.07) is 16.1. The summed E-state index contributed by atoms with van der Waals surface area (Å²) in [6.07, 6.45) is 6.68. The van der Waals surface area contributed by atoms with Crippen molar-refractivity contribution in [2.75, 3.05) is 19.6 Å². The van der Waals surface area contributed by atoms with E-state index in [1.807, 2.05) is 12.1 Å². The molecule has 1 aromatic carbocycles. The topological polar surface area (TPSA) is 71.3 Å². The number of carbonyl (C=O) groups excluding carboxylic acids is 1. The van der Waals surface area contributed by atoms with Crippen molar-refractivity contribution in [1.29, 1.82) is 0 Å². The lowest BCUT2D eigenvalue weighted by atomic mass is 9.94. The van der Waals surface area contributed by atoms with Crippen LogP contribution >= 0.6 is 0 Å². The van der Waals surface area contributed by atoms with E-state index in [-0.39, 0.29) is 11.7 Å². The van der Waals surface area contributed by atoms with Crippen LogP contribution in [0.5, 0.6) is 0 Å². The summed E-state index contributed by atoms with van der Waals surface area (Å²) in [5, 5.41) is 7.06. The van der Waals surface area contributed by atoms with Gasteiger partial charge in [0.1, 0.15) is 0 Å². The maximum Gasteiger partial charge on any atom is 0.290 e. The summed E-state index contributed by atoms with van der Waals surface area (Å²) < 4.78 is 5.34. The number of likely N-dealkylation sites (tertiary alicyclic amines) is 1. The second kappa shape index (κ2) is 9.47. The summed E-state index contributed by atoms with van der Waals surface area (Å²) >= 11 is 0. The van der Waals surface area contributed by atoms with E-state index >= 15 is 0 Å². The molecule has 1 N–H and O–H groups in total. The first kappa shape index (κ1) is 19.3. The van der Waals surface area contributed by atoms with Crippen LogP contribution in [0.3, 0.4) is 0 Å².